The number of carbonyl (C=O) groups is 1. The van der Waals surface area contributed by atoms with Gasteiger partial charge in [-0.2, -0.15) is 0 Å². The van der Waals surface area contributed by atoms with Gasteiger partial charge in [-0.1, -0.05) is 13.8 Å². The Morgan fingerprint density at radius 1 is 1.11 bits per heavy atom. The van der Waals surface area contributed by atoms with Crippen molar-refractivity contribution in [2.45, 2.75) is 20.8 Å². The van der Waals surface area contributed by atoms with Crippen molar-refractivity contribution in [1.29, 1.82) is 0 Å². The Labute approximate surface area is 111 Å². The molecule has 0 fully saturated rings. The van der Waals surface area contributed by atoms with E-state index < -0.39 is 5.56 Å². The van der Waals surface area contributed by atoms with E-state index in [0.29, 0.717) is 17.5 Å². The number of aryl methyl sites for hydroxylation is 1. The molecule has 0 amide bonds. The molecule has 0 N–H and O–H groups in total. The zero-order valence-corrected chi connectivity index (χ0v) is 11.2. The molecule has 0 atom stereocenters. The fraction of sp³-hybridized carbons (Fsp3) is 0.200. The molecule has 2 aromatic rings. The number of pyridine rings is 1. The zero-order valence-electron chi connectivity index (χ0n) is 11.2. The summed E-state index contributed by atoms with van der Waals surface area (Å²) in [6.45, 7) is 5.69. The Hall–Kier alpha value is -2.23. The average Bonchev–Trinajstić information content (AvgIpc) is 2.43. The number of carbonyl (C=O) groups excluding carboxylic acids is 1. The van der Waals surface area contributed by atoms with Crippen LogP contribution in [0.1, 0.15) is 29.8 Å². The lowest BCUT2D eigenvalue weighted by Crippen LogP contribution is -2.22. The van der Waals surface area contributed by atoms with Crippen molar-refractivity contribution in [3.05, 3.63) is 63.8 Å². The maximum atomic E-state index is 12.8. The summed E-state index contributed by atoms with van der Waals surface area (Å²) in [5.74, 6) is -0.371. The Kier molecular flexibility index (Phi) is 5.18. The quantitative estimate of drug-likeness (QED) is 0.779. The highest BCUT2D eigenvalue weighted by Gasteiger charge is 2.07. The molecule has 100 valence electrons. The highest BCUT2D eigenvalue weighted by atomic mass is 19.1. The third kappa shape index (κ3) is 3.16. The molecule has 0 unspecified atom stereocenters. The lowest BCUT2D eigenvalue weighted by atomic mass is 10.1. The normalized spacial score (nSPS) is 9.47. The summed E-state index contributed by atoms with van der Waals surface area (Å²) in [7, 11) is 0. The van der Waals surface area contributed by atoms with Gasteiger partial charge in [0.2, 0.25) is 0 Å². The van der Waals surface area contributed by atoms with E-state index in [1.807, 2.05) is 13.8 Å². The molecule has 0 bridgehead atoms. The topological polar surface area (TPSA) is 39.1 Å². The van der Waals surface area contributed by atoms with E-state index in [0.717, 1.165) is 0 Å². The lowest BCUT2D eigenvalue weighted by molar-refractivity contribution is 0.112. The van der Waals surface area contributed by atoms with Gasteiger partial charge in [-0.15, -0.1) is 0 Å². The molecule has 0 saturated carbocycles. The molecule has 1 aromatic carbocycles. The van der Waals surface area contributed by atoms with Gasteiger partial charge in [-0.05, 0) is 42.8 Å². The molecule has 1 heterocycles. The van der Waals surface area contributed by atoms with Crippen molar-refractivity contribution in [2.24, 2.45) is 0 Å². The Morgan fingerprint density at radius 3 is 2.21 bits per heavy atom. The van der Waals surface area contributed by atoms with Crippen LogP contribution in [-0.2, 0) is 0 Å². The van der Waals surface area contributed by atoms with E-state index in [1.54, 1.807) is 19.2 Å². The minimum atomic E-state index is -0.397. The second-order valence-electron chi connectivity index (χ2n) is 3.68. The summed E-state index contributed by atoms with van der Waals surface area (Å²) < 4.78 is 14.1. The second kappa shape index (κ2) is 6.64. The molecule has 4 heteroatoms. The average molecular weight is 261 g/mol. The van der Waals surface area contributed by atoms with Gasteiger partial charge in [0, 0.05) is 11.9 Å². The molecule has 0 aliphatic carbocycles. The zero-order chi connectivity index (χ0) is 14.4. The van der Waals surface area contributed by atoms with Crippen molar-refractivity contribution >= 4 is 6.29 Å². The Bertz CT molecular complexity index is 615. The molecule has 3 nitrogen and oxygen atoms in total. The van der Waals surface area contributed by atoms with Crippen LogP contribution in [-0.4, -0.2) is 10.9 Å². The van der Waals surface area contributed by atoms with Gasteiger partial charge < -0.3 is 0 Å². The van der Waals surface area contributed by atoms with Crippen LogP contribution in [0.15, 0.2) is 41.3 Å². The number of hydrogen-bond acceptors (Lipinski definition) is 2. The third-order valence-corrected chi connectivity index (χ3v) is 2.57. The smallest absolute Gasteiger partial charge is 0.265 e. The first-order valence-corrected chi connectivity index (χ1v) is 6.07. The number of rotatable bonds is 2. The lowest BCUT2D eigenvalue weighted by Gasteiger charge is -2.07. The summed E-state index contributed by atoms with van der Waals surface area (Å²) in [5, 5.41) is 0. The predicted octanol–water partition coefficient (Wildman–Crippen LogP) is 3.12. The highest BCUT2D eigenvalue weighted by molar-refractivity contribution is 5.76. The summed E-state index contributed by atoms with van der Waals surface area (Å²) in [6, 6.07) is 7.18. The van der Waals surface area contributed by atoms with E-state index in [4.69, 9.17) is 0 Å². The minimum absolute atomic E-state index is 0.122. The summed E-state index contributed by atoms with van der Waals surface area (Å²) in [6.07, 6.45) is 2.11. The molecule has 0 aliphatic heterocycles. The van der Waals surface area contributed by atoms with Crippen molar-refractivity contribution in [2.75, 3.05) is 0 Å². The number of aldehydes is 1. The summed E-state index contributed by atoms with van der Waals surface area (Å²) >= 11 is 0. The molecular weight excluding hydrogens is 245 g/mol. The van der Waals surface area contributed by atoms with E-state index in [9.17, 15) is 14.0 Å². The molecule has 1 aromatic heterocycles. The highest BCUT2D eigenvalue weighted by Crippen LogP contribution is 2.08. The Morgan fingerprint density at radius 2 is 1.68 bits per heavy atom. The number of nitrogens with zero attached hydrogens (tertiary/aromatic N) is 1. The fourth-order valence-electron chi connectivity index (χ4n) is 1.59. The summed E-state index contributed by atoms with van der Waals surface area (Å²) in [5.41, 5.74) is 0.881. The SMILES string of the molecule is CC.Cc1ccn(-c2ccc(F)cc2)c(=O)c1C=O. The maximum absolute atomic E-state index is 12.8. The van der Waals surface area contributed by atoms with Gasteiger partial charge in [0.05, 0.1) is 5.56 Å². The van der Waals surface area contributed by atoms with Gasteiger partial charge in [0.1, 0.15) is 5.82 Å². The van der Waals surface area contributed by atoms with Crippen LogP contribution in [0, 0.1) is 12.7 Å². The molecule has 2 rings (SSSR count). The number of aromatic nitrogens is 1. The van der Waals surface area contributed by atoms with E-state index in [-0.39, 0.29) is 11.4 Å². The molecule has 0 saturated heterocycles. The molecule has 0 spiro atoms. The van der Waals surface area contributed by atoms with Gasteiger partial charge in [-0.3, -0.25) is 14.2 Å². The fourth-order valence-corrected chi connectivity index (χ4v) is 1.59. The predicted molar refractivity (Wildman–Crippen MR) is 73.5 cm³/mol. The van der Waals surface area contributed by atoms with E-state index in [2.05, 4.69) is 0 Å². The van der Waals surface area contributed by atoms with Crippen LogP contribution in [0.3, 0.4) is 0 Å². The largest absolute Gasteiger partial charge is 0.298 e. The first-order chi connectivity index (χ1) is 9.13. The van der Waals surface area contributed by atoms with Crippen LogP contribution in [0.25, 0.3) is 5.69 Å². The van der Waals surface area contributed by atoms with Gasteiger partial charge in [0.25, 0.3) is 5.56 Å². The monoisotopic (exact) mass is 261 g/mol. The first-order valence-electron chi connectivity index (χ1n) is 6.07. The molecule has 0 aliphatic rings. The number of benzene rings is 1. The second-order valence-corrected chi connectivity index (χ2v) is 3.68. The van der Waals surface area contributed by atoms with Crippen LogP contribution in [0.4, 0.5) is 4.39 Å². The molecule has 0 radical (unpaired) electrons. The number of halogens is 1. The van der Waals surface area contributed by atoms with Crippen LogP contribution >= 0.6 is 0 Å². The number of hydrogen-bond donors (Lipinski definition) is 0. The van der Waals surface area contributed by atoms with Crippen molar-refractivity contribution in [3.8, 4) is 5.69 Å². The van der Waals surface area contributed by atoms with Crippen LogP contribution in [0.2, 0.25) is 0 Å². The van der Waals surface area contributed by atoms with Crippen molar-refractivity contribution in [1.82, 2.24) is 4.57 Å². The molecular formula is C15H16FNO2. The minimum Gasteiger partial charge on any atom is -0.298 e. The van der Waals surface area contributed by atoms with E-state index in [1.165, 1.54) is 28.8 Å². The van der Waals surface area contributed by atoms with Gasteiger partial charge in [0.15, 0.2) is 6.29 Å². The summed E-state index contributed by atoms with van der Waals surface area (Å²) in [4.78, 5) is 22.8. The van der Waals surface area contributed by atoms with Crippen molar-refractivity contribution in [3.63, 3.8) is 0 Å². The van der Waals surface area contributed by atoms with E-state index >= 15 is 0 Å². The Balaban J connectivity index is 0.000000861. The van der Waals surface area contributed by atoms with Gasteiger partial charge in [-0.25, -0.2) is 4.39 Å². The third-order valence-electron chi connectivity index (χ3n) is 2.57. The first kappa shape index (κ1) is 14.8. The van der Waals surface area contributed by atoms with Gasteiger partial charge >= 0.3 is 0 Å². The maximum Gasteiger partial charge on any atom is 0.265 e. The van der Waals surface area contributed by atoms with Crippen LogP contribution in [0.5, 0.6) is 0 Å². The standard InChI is InChI=1S/C13H10FNO2.C2H6/c1-9-6-7-15(13(17)12(9)8-16)11-4-2-10(14)3-5-11;1-2/h2-8H,1H3;1-2H3. The van der Waals surface area contributed by atoms with Crippen LogP contribution < -0.4 is 5.56 Å². The molecule has 19 heavy (non-hydrogen) atoms. The van der Waals surface area contributed by atoms with Crippen molar-refractivity contribution < 1.29 is 9.18 Å².